The molecule has 0 aliphatic carbocycles. The zero-order valence-corrected chi connectivity index (χ0v) is 12.8. The van der Waals surface area contributed by atoms with E-state index in [4.69, 9.17) is 0 Å². The van der Waals surface area contributed by atoms with Crippen LogP contribution >= 0.6 is 0 Å². The van der Waals surface area contributed by atoms with E-state index >= 15 is 0 Å². The molecule has 1 aliphatic heterocycles. The number of rotatable bonds is 4. The van der Waals surface area contributed by atoms with Crippen LogP contribution in [0.1, 0.15) is 6.42 Å². The maximum atomic E-state index is 12.0. The highest BCUT2D eigenvalue weighted by atomic mass is 32.2. The Hall–Kier alpha value is -1.41. The number of sulfone groups is 1. The summed E-state index contributed by atoms with van der Waals surface area (Å²) >= 11 is 0. The predicted octanol–water partition coefficient (Wildman–Crippen LogP) is 0.591. The molecule has 1 amide bonds. The predicted molar refractivity (Wildman–Crippen MR) is 79.1 cm³/mol. The Morgan fingerprint density at radius 3 is 2.65 bits per heavy atom. The van der Waals surface area contributed by atoms with E-state index in [2.05, 4.69) is 10.6 Å². The van der Waals surface area contributed by atoms with Gasteiger partial charge in [-0.05, 0) is 18.6 Å². The standard InChI is InChI=1S/C12H16N2O4S2/c1-19(16)7-6-9-12(15)14-11-8(13-9)4-3-5-10(11)20(2,17)18/h3-5,9,13H,6-7H2,1-2H3,(H,14,15). The molecule has 0 aromatic heterocycles. The van der Waals surface area contributed by atoms with Gasteiger partial charge in [0.1, 0.15) is 6.04 Å². The van der Waals surface area contributed by atoms with Gasteiger partial charge in [-0.2, -0.15) is 0 Å². The van der Waals surface area contributed by atoms with Gasteiger partial charge in [0.05, 0.1) is 16.3 Å². The Balaban J connectivity index is 2.32. The number of hydrogen-bond acceptors (Lipinski definition) is 5. The topological polar surface area (TPSA) is 92.3 Å². The zero-order valence-electron chi connectivity index (χ0n) is 11.2. The van der Waals surface area contributed by atoms with Gasteiger partial charge in [0.2, 0.25) is 5.91 Å². The molecule has 110 valence electrons. The van der Waals surface area contributed by atoms with Crippen LogP contribution in [0.4, 0.5) is 11.4 Å². The van der Waals surface area contributed by atoms with E-state index in [0.717, 1.165) is 6.26 Å². The Labute approximate surface area is 120 Å². The minimum Gasteiger partial charge on any atom is -0.372 e. The maximum absolute atomic E-state index is 12.0. The molecule has 0 saturated heterocycles. The lowest BCUT2D eigenvalue weighted by molar-refractivity contribution is -0.117. The summed E-state index contributed by atoms with van der Waals surface area (Å²) in [5.74, 6) is 0.102. The summed E-state index contributed by atoms with van der Waals surface area (Å²) in [6.07, 6.45) is 3.11. The fourth-order valence-electron chi connectivity index (χ4n) is 2.04. The molecule has 1 aromatic rings. The minimum absolute atomic E-state index is 0.0911. The van der Waals surface area contributed by atoms with Crippen LogP contribution in [0.15, 0.2) is 23.1 Å². The minimum atomic E-state index is -3.41. The highest BCUT2D eigenvalue weighted by Crippen LogP contribution is 2.33. The second kappa shape index (κ2) is 5.53. The molecule has 2 unspecified atom stereocenters. The average Bonchev–Trinajstić information content (AvgIpc) is 2.34. The van der Waals surface area contributed by atoms with Crippen molar-refractivity contribution in [3.05, 3.63) is 18.2 Å². The SMILES string of the molecule is CS(=O)CCC1Nc2cccc(S(C)(=O)=O)c2NC1=O. The first-order valence-electron chi connectivity index (χ1n) is 5.99. The quantitative estimate of drug-likeness (QED) is 0.848. The summed E-state index contributed by atoms with van der Waals surface area (Å²) in [5.41, 5.74) is 0.855. The molecule has 8 heteroatoms. The molecule has 0 bridgehead atoms. The van der Waals surface area contributed by atoms with Gasteiger partial charge in [0.15, 0.2) is 9.84 Å². The molecule has 1 heterocycles. The Kier molecular flexibility index (Phi) is 4.14. The molecular weight excluding hydrogens is 300 g/mol. The van der Waals surface area contributed by atoms with Gasteiger partial charge >= 0.3 is 0 Å². The molecule has 0 saturated carbocycles. The lowest BCUT2D eigenvalue weighted by atomic mass is 10.1. The summed E-state index contributed by atoms with van der Waals surface area (Å²) in [6.45, 7) is 0. The highest BCUT2D eigenvalue weighted by molar-refractivity contribution is 7.90. The maximum Gasteiger partial charge on any atom is 0.246 e. The van der Waals surface area contributed by atoms with Crippen LogP contribution in [0.5, 0.6) is 0 Å². The van der Waals surface area contributed by atoms with E-state index in [1.54, 1.807) is 18.4 Å². The number of carbonyl (C=O) groups excluding carboxylic acids is 1. The number of nitrogens with one attached hydrogen (secondary N) is 2. The van der Waals surface area contributed by atoms with E-state index in [9.17, 15) is 17.4 Å². The van der Waals surface area contributed by atoms with Crippen molar-refractivity contribution in [3.63, 3.8) is 0 Å². The van der Waals surface area contributed by atoms with Gasteiger partial charge in [0, 0.05) is 29.1 Å². The van der Waals surface area contributed by atoms with E-state index in [1.807, 2.05) is 0 Å². The summed E-state index contributed by atoms with van der Waals surface area (Å²) < 4.78 is 34.5. The second-order valence-electron chi connectivity index (χ2n) is 4.70. The third-order valence-electron chi connectivity index (χ3n) is 3.01. The van der Waals surface area contributed by atoms with Crippen LogP contribution in [-0.4, -0.2) is 42.8 Å². The average molecular weight is 316 g/mol. The fraction of sp³-hybridized carbons (Fsp3) is 0.417. The molecule has 0 radical (unpaired) electrons. The van der Waals surface area contributed by atoms with Gasteiger partial charge in [-0.25, -0.2) is 8.42 Å². The molecule has 0 fully saturated rings. The van der Waals surface area contributed by atoms with Crippen molar-refractivity contribution in [2.24, 2.45) is 0 Å². The van der Waals surface area contributed by atoms with Gasteiger partial charge in [-0.15, -0.1) is 0 Å². The van der Waals surface area contributed by atoms with E-state index in [-0.39, 0.29) is 16.5 Å². The van der Waals surface area contributed by atoms with Crippen LogP contribution in [0.3, 0.4) is 0 Å². The molecule has 1 aliphatic rings. The number of para-hydroxylation sites is 1. The van der Waals surface area contributed by atoms with E-state index in [0.29, 0.717) is 17.9 Å². The largest absolute Gasteiger partial charge is 0.372 e. The third-order valence-corrected chi connectivity index (χ3v) is 4.96. The molecule has 0 spiro atoms. The first kappa shape index (κ1) is 15.0. The highest BCUT2D eigenvalue weighted by Gasteiger charge is 2.28. The van der Waals surface area contributed by atoms with Crippen molar-refractivity contribution in [2.45, 2.75) is 17.4 Å². The fourth-order valence-corrected chi connectivity index (χ4v) is 3.47. The molecule has 2 rings (SSSR count). The molecule has 2 atom stereocenters. The zero-order chi connectivity index (χ0) is 14.9. The Morgan fingerprint density at radius 2 is 2.05 bits per heavy atom. The normalized spacial score (nSPS) is 19.7. The lowest BCUT2D eigenvalue weighted by Gasteiger charge is -2.27. The molecule has 2 N–H and O–H groups in total. The Morgan fingerprint density at radius 1 is 1.35 bits per heavy atom. The third kappa shape index (κ3) is 3.18. The summed E-state index contributed by atoms with van der Waals surface area (Å²) in [4.78, 5) is 12.1. The smallest absolute Gasteiger partial charge is 0.246 e. The van der Waals surface area contributed by atoms with Crippen molar-refractivity contribution in [3.8, 4) is 0 Å². The second-order valence-corrected chi connectivity index (χ2v) is 8.24. The van der Waals surface area contributed by atoms with Gasteiger partial charge < -0.3 is 10.6 Å². The van der Waals surface area contributed by atoms with Crippen LogP contribution < -0.4 is 10.6 Å². The monoisotopic (exact) mass is 316 g/mol. The summed E-state index contributed by atoms with van der Waals surface area (Å²) in [5, 5.41) is 5.63. The van der Waals surface area contributed by atoms with Crippen LogP contribution in [0.25, 0.3) is 0 Å². The van der Waals surface area contributed by atoms with E-state index < -0.39 is 26.7 Å². The van der Waals surface area contributed by atoms with Crippen molar-refractivity contribution in [2.75, 3.05) is 28.9 Å². The number of fused-ring (bicyclic) bond motifs is 1. The summed E-state index contributed by atoms with van der Waals surface area (Å²) in [7, 11) is -4.39. The Bertz CT molecular complexity index is 670. The number of benzene rings is 1. The molecule has 20 heavy (non-hydrogen) atoms. The lowest BCUT2D eigenvalue weighted by Crippen LogP contribution is -2.40. The van der Waals surface area contributed by atoms with Crippen molar-refractivity contribution < 1.29 is 17.4 Å². The number of amides is 1. The number of carbonyl (C=O) groups is 1. The van der Waals surface area contributed by atoms with Gasteiger partial charge in [-0.1, -0.05) is 6.07 Å². The molecule has 1 aromatic carbocycles. The van der Waals surface area contributed by atoms with Gasteiger partial charge in [-0.3, -0.25) is 9.00 Å². The van der Waals surface area contributed by atoms with E-state index in [1.165, 1.54) is 6.07 Å². The van der Waals surface area contributed by atoms with Crippen molar-refractivity contribution in [1.82, 2.24) is 0 Å². The summed E-state index contributed by atoms with van der Waals surface area (Å²) in [6, 6.07) is 4.28. The molecule has 6 nitrogen and oxygen atoms in total. The first-order chi connectivity index (χ1) is 9.29. The van der Waals surface area contributed by atoms with Crippen molar-refractivity contribution >= 4 is 37.9 Å². The van der Waals surface area contributed by atoms with Gasteiger partial charge in [0.25, 0.3) is 0 Å². The first-order valence-corrected chi connectivity index (χ1v) is 9.61. The van der Waals surface area contributed by atoms with Crippen LogP contribution in [0, 0.1) is 0 Å². The van der Waals surface area contributed by atoms with Crippen LogP contribution in [0.2, 0.25) is 0 Å². The van der Waals surface area contributed by atoms with Crippen molar-refractivity contribution in [1.29, 1.82) is 0 Å². The molecular formula is C12H16N2O4S2. The number of hydrogen-bond donors (Lipinski definition) is 2. The number of anilines is 2. The van der Waals surface area contributed by atoms with Crippen LogP contribution in [-0.2, 0) is 25.4 Å².